The van der Waals surface area contributed by atoms with Gasteiger partial charge in [0.05, 0.1) is 21.4 Å². The van der Waals surface area contributed by atoms with E-state index in [0.717, 1.165) is 37.8 Å². The quantitative estimate of drug-likeness (QED) is 0.240. The van der Waals surface area contributed by atoms with Crippen molar-refractivity contribution in [3.05, 3.63) is 100 Å². The zero-order chi connectivity index (χ0) is 21.4. The summed E-state index contributed by atoms with van der Waals surface area (Å²) >= 11 is 3.21. The van der Waals surface area contributed by atoms with Crippen molar-refractivity contribution in [1.82, 2.24) is 9.38 Å². The van der Waals surface area contributed by atoms with Crippen molar-refractivity contribution in [2.75, 3.05) is 0 Å². The number of nitrogens with zero attached hydrogens (tertiary/aromatic N) is 3. The molecule has 0 aliphatic rings. The first-order valence-corrected chi connectivity index (χ1v) is 11.6. The summed E-state index contributed by atoms with van der Waals surface area (Å²) in [6.07, 6.45) is 2.01. The number of hydrogen-bond acceptors (Lipinski definition) is 5. The monoisotopic (exact) mass is 439 g/mol. The van der Waals surface area contributed by atoms with Gasteiger partial charge in [-0.05, 0) is 36.2 Å². The van der Waals surface area contributed by atoms with Gasteiger partial charge in [0.2, 0.25) is 5.78 Å². The molecule has 0 radical (unpaired) electrons. The fourth-order valence-electron chi connectivity index (χ4n) is 3.54. The molecule has 0 saturated carbocycles. The number of carbonyl (C=O) groups is 1. The molecule has 31 heavy (non-hydrogen) atoms. The third kappa shape index (κ3) is 3.52. The number of imidazole rings is 1. The average Bonchev–Trinajstić information content (AvgIpc) is 3.37. The van der Waals surface area contributed by atoms with E-state index in [-0.39, 0.29) is 5.78 Å². The maximum absolute atomic E-state index is 13.3. The summed E-state index contributed by atoms with van der Waals surface area (Å²) in [7, 11) is 0. The van der Waals surface area contributed by atoms with Crippen LogP contribution >= 0.6 is 23.1 Å². The van der Waals surface area contributed by atoms with E-state index in [9.17, 15) is 4.79 Å². The summed E-state index contributed by atoms with van der Waals surface area (Å²) in [4.78, 5) is 18.8. The third-order valence-electron chi connectivity index (χ3n) is 5.14. The molecule has 150 valence electrons. The number of pyridine rings is 1. The number of thioether (sulfide) groups is 1. The molecule has 3 aromatic heterocycles. The second kappa shape index (κ2) is 8.03. The average molecular weight is 440 g/mol. The number of ketones is 1. The molecular formula is C25H17N3OS2. The van der Waals surface area contributed by atoms with Crippen LogP contribution in [0.1, 0.15) is 31.9 Å². The van der Waals surface area contributed by atoms with E-state index >= 15 is 0 Å². The van der Waals surface area contributed by atoms with E-state index in [2.05, 4.69) is 10.5 Å². The van der Waals surface area contributed by atoms with Crippen molar-refractivity contribution in [2.45, 2.75) is 16.9 Å². The van der Waals surface area contributed by atoms with Crippen LogP contribution in [0.3, 0.4) is 0 Å². The Labute approximate surface area is 187 Å². The molecule has 0 N–H and O–H groups in total. The van der Waals surface area contributed by atoms with E-state index in [1.165, 1.54) is 11.3 Å². The fourth-order valence-corrected chi connectivity index (χ4v) is 5.95. The Morgan fingerprint density at radius 3 is 2.61 bits per heavy atom. The molecule has 3 heterocycles. The Kier molecular flexibility index (Phi) is 5.06. The highest BCUT2D eigenvalue weighted by Crippen LogP contribution is 2.41. The normalized spacial score (nSPS) is 11.1. The van der Waals surface area contributed by atoms with Gasteiger partial charge in [-0.1, -0.05) is 48.5 Å². The molecule has 0 bridgehead atoms. The standard InChI is InChI=1S/C25H17N3OS2/c1-16-6-5-13-28-21-20(27-24(16)28)23(22(29)19-7-3-2-4-8-19)31-25(21)30-15-18-11-9-17(14-26)10-12-18/h2-13H,15H2,1H3. The third-order valence-corrected chi connectivity index (χ3v) is 7.64. The lowest BCUT2D eigenvalue weighted by atomic mass is 10.1. The number of nitriles is 1. The molecule has 0 atom stereocenters. The smallest absolute Gasteiger partial charge is 0.205 e. The van der Waals surface area contributed by atoms with Crippen LogP contribution in [0.2, 0.25) is 0 Å². The summed E-state index contributed by atoms with van der Waals surface area (Å²) < 4.78 is 3.15. The van der Waals surface area contributed by atoms with Gasteiger partial charge in [-0.2, -0.15) is 5.26 Å². The molecular weight excluding hydrogens is 422 g/mol. The van der Waals surface area contributed by atoms with Gasteiger partial charge >= 0.3 is 0 Å². The lowest BCUT2D eigenvalue weighted by Crippen LogP contribution is -1.98. The summed E-state index contributed by atoms with van der Waals surface area (Å²) in [5, 5.41) is 9.01. The van der Waals surface area contributed by atoms with Gasteiger partial charge in [0, 0.05) is 17.5 Å². The first-order chi connectivity index (χ1) is 15.2. The van der Waals surface area contributed by atoms with E-state index < -0.39 is 0 Å². The van der Waals surface area contributed by atoms with Gasteiger partial charge in [0.15, 0.2) is 0 Å². The van der Waals surface area contributed by atoms with Crippen molar-refractivity contribution < 1.29 is 4.79 Å². The number of aryl methyl sites for hydroxylation is 1. The number of hydrogen-bond donors (Lipinski definition) is 0. The van der Waals surface area contributed by atoms with Crippen molar-refractivity contribution in [3.63, 3.8) is 0 Å². The number of carbonyl (C=O) groups excluding carboxylic acids is 1. The summed E-state index contributed by atoms with van der Waals surface area (Å²) in [5.74, 6) is 0.751. The molecule has 4 nitrogen and oxygen atoms in total. The number of rotatable bonds is 5. The van der Waals surface area contributed by atoms with Crippen LogP contribution in [0.15, 0.2) is 77.1 Å². The van der Waals surface area contributed by atoms with Crippen LogP contribution in [0.25, 0.3) is 16.7 Å². The molecule has 6 heteroatoms. The Morgan fingerprint density at radius 2 is 1.87 bits per heavy atom. The van der Waals surface area contributed by atoms with Gasteiger partial charge in [0.25, 0.3) is 0 Å². The van der Waals surface area contributed by atoms with Gasteiger partial charge in [-0.25, -0.2) is 4.98 Å². The van der Waals surface area contributed by atoms with E-state index in [0.29, 0.717) is 16.0 Å². The van der Waals surface area contributed by atoms with Crippen molar-refractivity contribution in [3.8, 4) is 6.07 Å². The lowest BCUT2D eigenvalue weighted by Gasteiger charge is -2.02. The highest BCUT2D eigenvalue weighted by Gasteiger charge is 2.23. The van der Waals surface area contributed by atoms with Crippen LogP contribution in [0.4, 0.5) is 0 Å². The summed E-state index contributed by atoms with van der Waals surface area (Å²) in [5.41, 5.74) is 6.15. The number of fused-ring (bicyclic) bond motifs is 3. The predicted octanol–water partition coefficient (Wildman–Crippen LogP) is 6.25. The van der Waals surface area contributed by atoms with Crippen LogP contribution in [-0.4, -0.2) is 15.2 Å². The van der Waals surface area contributed by atoms with Gasteiger partial charge in [0.1, 0.15) is 16.0 Å². The Morgan fingerprint density at radius 1 is 1.10 bits per heavy atom. The molecule has 0 amide bonds. The van der Waals surface area contributed by atoms with Crippen molar-refractivity contribution in [2.24, 2.45) is 0 Å². The largest absolute Gasteiger partial charge is 0.298 e. The van der Waals surface area contributed by atoms with E-state index in [4.69, 9.17) is 10.2 Å². The fraction of sp³-hybridized carbons (Fsp3) is 0.0800. The van der Waals surface area contributed by atoms with Gasteiger partial charge in [-0.15, -0.1) is 23.1 Å². The molecule has 0 unspecified atom stereocenters. The highest BCUT2D eigenvalue weighted by molar-refractivity contribution is 8.00. The van der Waals surface area contributed by atoms with Crippen LogP contribution in [0, 0.1) is 18.3 Å². The molecule has 2 aromatic carbocycles. The van der Waals surface area contributed by atoms with E-state index in [1.807, 2.05) is 79.9 Å². The maximum Gasteiger partial charge on any atom is 0.205 e. The maximum atomic E-state index is 13.3. The topological polar surface area (TPSA) is 58.2 Å². The minimum atomic E-state index is 0.00174. The second-order valence-corrected chi connectivity index (χ2v) is 9.47. The summed E-state index contributed by atoms with van der Waals surface area (Å²) in [6.45, 7) is 2.03. The number of aromatic nitrogens is 2. The first-order valence-electron chi connectivity index (χ1n) is 9.77. The molecule has 0 saturated heterocycles. The molecule has 5 aromatic rings. The van der Waals surface area contributed by atoms with Crippen molar-refractivity contribution >= 4 is 45.6 Å². The van der Waals surface area contributed by atoms with E-state index in [1.54, 1.807) is 11.8 Å². The zero-order valence-electron chi connectivity index (χ0n) is 16.7. The Bertz CT molecular complexity index is 1460. The first kappa shape index (κ1) is 19.6. The molecule has 0 aliphatic carbocycles. The minimum Gasteiger partial charge on any atom is -0.298 e. The van der Waals surface area contributed by atoms with Crippen LogP contribution in [0.5, 0.6) is 0 Å². The Hall–Kier alpha value is -3.40. The molecule has 5 rings (SSSR count). The SMILES string of the molecule is Cc1cccn2c1nc1c(C(=O)c3ccccc3)sc(SCc3ccc(C#N)cc3)c12. The molecule has 0 aliphatic heterocycles. The Balaban J connectivity index is 1.61. The molecule has 0 spiro atoms. The predicted molar refractivity (Wildman–Crippen MR) is 126 cm³/mol. The van der Waals surface area contributed by atoms with Crippen LogP contribution < -0.4 is 0 Å². The zero-order valence-corrected chi connectivity index (χ0v) is 18.3. The van der Waals surface area contributed by atoms with Crippen LogP contribution in [-0.2, 0) is 5.75 Å². The van der Waals surface area contributed by atoms with Gasteiger partial charge in [-0.3, -0.25) is 9.20 Å². The molecule has 0 fully saturated rings. The summed E-state index contributed by atoms with van der Waals surface area (Å²) in [6, 6.07) is 23.2. The van der Waals surface area contributed by atoms with Gasteiger partial charge < -0.3 is 0 Å². The second-order valence-electron chi connectivity index (χ2n) is 7.21. The minimum absolute atomic E-state index is 0.00174. The number of benzene rings is 2. The number of thiophene rings is 1. The lowest BCUT2D eigenvalue weighted by molar-refractivity contribution is 0.104. The van der Waals surface area contributed by atoms with Crippen molar-refractivity contribution in [1.29, 1.82) is 5.26 Å². The highest BCUT2D eigenvalue weighted by atomic mass is 32.2.